The van der Waals surface area contributed by atoms with Crippen molar-refractivity contribution in [3.8, 4) is 17.6 Å². The first kappa shape index (κ1) is 40.8. The average Bonchev–Trinajstić information content (AvgIpc) is 3.85. The van der Waals surface area contributed by atoms with Gasteiger partial charge in [0.15, 0.2) is 0 Å². The third-order valence-electron chi connectivity index (χ3n) is 11.1. The molecule has 4 atom stereocenters. The Morgan fingerprint density at radius 2 is 1.77 bits per heavy atom. The molecule has 3 fully saturated rings. The number of carboxylic acids is 1. The van der Waals surface area contributed by atoms with E-state index in [-0.39, 0.29) is 63.6 Å². The molecule has 1 aliphatic carbocycles. The molecule has 2 amide bonds. The number of nitrogens with zero attached hydrogens (tertiary/aromatic N) is 4. The van der Waals surface area contributed by atoms with Crippen LogP contribution in [0.5, 0.6) is 11.5 Å². The lowest BCUT2D eigenvalue weighted by Crippen LogP contribution is -2.68. The minimum Gasteiger partial charge on any atom is -0.490 e. The van der Waals surface area contributed by atoms with E-state index in [1.54, 1.807) is 31.2 Å². The zero-order chi connectivity index (χ0) is 40.5. The molecule has 56 heavy (non-hydrogen) atoms. The van der Waals surface area contributed by atoms with E-state index in [2.05, 4.69) is 11.1 Å². The molecule has 4 heterocycles. The molecule has 0 spiro atoms. The van der Waals surface area contributed by atoms with E-state index in [1.165, 1.54) is 4.90 Å². The lowest BCUT2D eigenvalue weighted by atomic mass is 9.72. The zero-order valence-corrected chi connectivity index (χ0v) is 31.2. The van der Waals surface area contributed by atoms with Gasteiger partial charge in [0.05, 0.1) is 40.7 Å². The van der Waals surface area contributed by atoms with E-state index >= 15 is 4.79 Å². The summed E-state index contributed by atoms with van der Waals surface area (Å²) in [5, 5.41) is 21.2. The van der Waals surface area contributed by atoms with E-state index in [9.17, 15) is 46.3 Å². The van der Waals surface area contributed by atoms with E-state index in [0.717, 1.165) is 28.7 Å². The van der Waals surface area contributed by atoms with Crippen molar-refractivity contribution in [2.24, 2.45) is 5.92 Å². The first-order chi connectivity index (χ1) is 26.5. The standard InChI is InChI=1S/C39H40F6N4O6S/c1-2-6-31-37(55-26-20-32(56-22-26)39(43,44)45,12-5-16-49(31)33(50)27-21-47-15-11-28(27)38(40,41)42)35(53)48-17-13-36(23-46,14-18-48)29-7-3-4-8-30(29)54-25-10-9-24(19-25)34(51)52/h3-4,7-8,11,15,20-22,24-25,31H,2,5-6,9-10,12-14,16-19H2,1H3,(H,51,52)/t24-,25-,31+,37-/m0/s1. The maximum absolute atomic E-state index is 15.0. The normalized spacial score (nSPS) is 24.0. The lowest BCUT2D eigenvalue weighted by Gasteiger charge is -2.51. The molecule has 6 rings (SSSR count). The van der Waals surface area contributed by atoms with Crippen LogP contribution in [0.2, 0.25) is 0 Å². The molecule has 1 aromatic carbocycles. The number of nitriles is 1. The van der Waals surface area contributed by atoms with Crippen LogP contribution in [-0.4, -0.2) is 75.1 Å². The number of para-hydroxylation sites is 1. The van der Waals surface area contributed by atoms with E-state index < -0.39 is 69.1 Å². The number of piperidine rings is 2. The number of benzene rings is 1. The Balaban J connectivity index is 1.33. The van der Waals surface area contributed by atoms with Gasteiger partial charge in [-0.2, -0.15) is 31.6 Å². The SMILES string of the molecule is CCC[C@H]1N(C(=O)c2cnccc2C(F)(F)F)CCC[C@@]1(Oc1csc(C(F)(F)F)c1)C(=O)N1CCC(C#N)(c2ccccc2O[C@H]2CC[C@H](C(=O)O)C2)CC1. The first-order valence-electron chi connectivity index (χ1n) is 18.4. The Labute approximate surface area is 323 Å². The molecule has 17 heteroatoms. The summed E-state index contributed by atoms with van der Waals surface area (Å²) in [6, 6.07) is 9.66. The number of carboxylic acid groups (broad SMARTS) is 1. The maximum Gasteiger partial charge on any atom is 0.425 e. The van der Waals surface area contributed by atoms with Gasteiger partial charge < -0.3 is 24.4 Å². The summed E-state index contributed by atoms with van der Waals surface area (Å²) in [5.41, 5.74) is -4.50. The molecule has 0 unspecified atom stereocenters. The van der Waals surface area contributed by atoms with Gasteiger partial charge in [-0.15, -0.1) is 11.3 Å². The number of ether oxygens (including phenoxy) is 2. The predicted molar refractivity (Wildman–Crippen MR) is 190 cm³/mol. The molecule has 3 aromatic rings. The molecule has 2 aliphatic heterocycles. The van der Waals surface area contributed by atoms with Crippen LogP contribution in [0.15, 0.2) is 54.2 Å². The number of pyridine rings is 1. The molecular formula is C39H40F6N4O6S. The molecule has 10 nitrogen and oxygen atoms in total. The molecule has 1 N–H and O–H groups in total. The monoisotopic (exact) mass is 806 g/mol. The Morgan fingerprint density at radius 1 is 1.04 bits per heavy atom. The Hall–Kier alpha value is -4.85. The van der Waals surface area contributed by atoms with Crippen LogP contribution in [0, 0.1) is 17.2 Å². The van der Waals surface area contributed by atoms with Crippen LogP contribution in [0.4, 0.5) is 26.3 Å². The summed E-state index contributed by atoms with van der Waals surface area (Å²) < 4.78 is 96.1. The quantitative estimate of drug-likeness (QED) is 0.203. The predicted octanol–water partition coefficient (Wildman–Crippen LogP) is 8.12. The van der Waals surface area contributed by atoms with Crippen LogP contribution in [0.3, 0.4) is 0 Å². The van der Waals surface area contributed by atoms with Crippen LogP contribution in [-0.2, 0) is 27.4 Å². The average molecular weight is 807 g/mol. The van der Waals surface area contributed by atoms with Crippen molar-refractivity contribution in [2.75, 3.05) is 19.6 Å². The maximum atomic E-state index is 15.0. The number of carbonyl (C=O) groups is 3. The second-order valence-electron chi connectivity index (χ2n) is 14.5. The molecule has 3 aliphatic rings. The highest BCUT2D eigenvalue weighted by Gasteiger charge is 2.57. The second-order valence-corrected chi connectivity index (χ2v) is 15.4. The van der Waals surface area contributed by atoms with Crippen LogP contribution >= 0.6 is 11.3 Å². The lowest BCUT2D eigenvalue weighted by molar-refractivity contribution is -0.160. The number of amides is 2. The number of aromatic nitrogens is 1. The van der Waals surface area contributed by atoms with Crippen molar-refractivity contribution >= 4 is 29.1 Å². The highest BCUT2D eigenvalue weighted by atomic mass is 32.1. The van der Waals surface area contributed by atoms with Crippen molar-refractivity contribution < 1.29 is 55.3 Å². The summed E-state index contributed by atoms with van der Waals surface area (Å²) in [6.45, 7) is 1.70. The minimum absolute atomic E-state index is 0.00140. The number of hydrogen-bond donors (Lipinski definition) is 1. The molecule has 0 radical (unpaired) electrons. The van der Waals surface area contributed by atoms with E-state index in [4.69, 9.17) is 9.47 Å². The minimum atomic E-state index is -4.90. The van der Waals surface area contributed by atoms with Gasteiger partial charge in [0.25, 0.3) is 11.8 Å². The smallest absolute Gasteiger partial charge is 0.425 e. The third-order valence-corrected chi connectivity index (χ3v) is 12.1. The van der Waals surface area contributed by atoms with E-state index in [1.807, 2.05) is 0 Å². The summed E-state index contributed by atoms with van der Waals surface area (Å²) >= 11 is 0.363. The van der Waals surface area contributed by atoms with Gasteiger partial charge in [0.2, 0.25) is 5.60 Å². The van der Waals surface area contributed by atoms with Crippen molar-refractivity contribution in [3.05, 3.63) is 75.7 Å². The van der Waals surface area contributed by atoms with Gasteiger partial charge in [-0.1, -0.05) is 31.5 Å². The fourth-order valence-corrected chi connectivity index (χ4v) is 9.00. The Bertz CT molecular complexity index is 1970. The van der Waals surface area contributed by atoms with Crippen molar-refractivity contribution in [1.82, 2.24) is 14.8 Å². The highest BCUT2D eigenvalue weighted by Crippen LogP contribution is 2.45. The number of halogens is 6. The van der Waals surface area contributed by atoms with Gasteiger partial charge in [-0.25, -0.2) is 0 Å². The molecule has 300 valence electrons. The first-order valence-corrected chi connectivity index (χ1v) is 19.3. The van der Waals surface area contributed by atoms with Crippen LogP contribution in [0.1, 0.15) is 91.1 Å². The second kappa shape index (κ2) is 16.0. The number of hydrogen-bond acceptors (Lipinski definition) is 8. The van der Waals surface area contributed by atoms with Gasteiger partial charge in [-0.3, -0.25) is 19.4 Å². The summed E-state index contributed by atoms with van der Waals surface area (Å²) in [4.78, 5) is 46.0. The molecule has 1 saturated carbocycles. The molecule has 2 saturated heterocycles. The number of thiophene rings is 1. The fraction of sp³-hybridized carbons (Fsp3) is 0.513. The molecular weight excluding hydrogens is 767 g/mol. The third kappa shape index (κ3) is 8.03. The summed E-state index contributed by atoms with van der Waals surface area (Å²) in [7, 11) is 0. The topological polar surface area (TPSA) is 133 Å². The van der Waals surface area contributed by atoms with Gasteiger partial charge >= 0.3 is 18.3 Å². The summed E-state index contributed by atoms with van der Waals surface area (Å²) in [6.07, 6.45) is -6.26. The molecule has 0 bridgehead atoms. The largest absolute Gasteiger partial charge is 0.490 e. The van der Waals surface area contributed by atoms with Crippen LogP contribution < -0.4 is 9.47 Å². The van der Waals surface area contributed by atoms with Crippen LogP contribution in [0.25, 0.3) is 0 Å². The van der Waals surface area contributed by atoms with Crippen molar-refractivity contribution in [3.63, 3.8) is 0 Å². The Morgan fingerprint density at radius 3 is 2.39 bits per heavy atom. The zero-order valence-electron chi connectivity index (χ0n) is 30.4. The highest BCUT2D eigenvalue weighted by molar-refractivity contribution is 7.10. The van der Waals surface area contributed by atoms with E-state index in [0.29, 0.717) is 54.4 Å². The van der Waals surface area contributed by atoms with Crippen molar-refractivity contribution in [1.29, 1.82) is 5.26 Å². The van der Waals surface area contributed by atoms with Gasteiger partial charge in [-0.05, 0) is 57.1 Å². The Kier molecular flexibility index (Phi) is 11.6. The fourth-order valence-electron chi connectivity index (χ4n) is 8.32. The number of rotatable bonds is 10. The number of carbonyl (C=O) groups excluding carboxylic acids is 2. The molecule has 2 aromatic heterocycles. The van der Waals surface area contributed by atoms with Gasteiger partial charge in [0.1, 0.15) is 16.4 Å². The summed E-state index contributed by atoms with van der Waals surface area (Å²) in [5.74, 6) is -2.96. The number of aliphatic carboxylic acids is 1. The number of likely N-dealkylation sites (tertiary alicyclic amines) is 2. The van der Waals surface area contributed by atoms with Crippen molar-refractivity contribution in [2.45, 2.75) is 100 Å². The van der Waals surface area contributed by atoms with Gasteiger partial charge in [0, 0.05) is 55.5 Å². The number of alkyl halides is 6.